The molecule has 0 saturated heterocycles. The van der Waals surface area contributed by atoms with Gasteiger partial charge < -0.3 is 0 Å². The van der Waals surface area contributed by atoms with Crippen LogP contribution in [0.1, 0.15) is 46.6 Å². The fourth-order valence-electron chi connectivity index (χ4n) is 1.74. The molecule has 0 aliphatic rings. The van der Waals surface area contributed by atoms with Crippen LogP contribution in [0.15, 0.2) is 17.2 Å². The van der Waals surface area contributed by atoms with Crippen molar-refractivity contribution in [1.82, 2.24) is 9.13 Å². The van der Waals surface area contributed by atoms with Crippen molar-refractivity contribution in [1.29, 1.82) is 5.26 Å². The van der Waals surface area contributed by atoms with Gasteiger partial charge >= 0.3 is 5.69 Å². The SMILES string of the molecule is CC(C)n1ccn(CCCC(C)(C)C#N)c1=O. The normalized spacial score (nSPS) is 11.8. The number of nitrogens with zero attached hydrogens (tertiary/aromatic N) is 3. The Labute approximate surface area is 102 Å². The van der Waals surface area contributed by atoms with E-state index in [2.05, 4.69) is 6.07 Å². The molecule has 0 amide bonds. The number of nitriles is 1. The summed E-state index contributed by atoms with van der Waals surface area (Å²) >= 11 is 0. The van der Waals surface area contributed by atoms with E-state index in [9.17, 15) is 4.79 Å². The van der Waals surface area contributed by atoms with E-state index in [0.29, 0.717) is 6.54 Å². The van der Waals surface area contributed by atoms with Gasteiger partial charge in [-0.1, -0.05) is 0 Å². The Balaban J connectivity index is 2.60. The van der Waals surface area contributed by atoms with E-state index >= 15 is 0 Å². The zero-order chi connectivity index (χ0) is 13.1. The Morgan fingerprint density at radius 2 is 2.06 bits per heavy atom. The van der Waals surface area contributed by atoms with Crippen LogP contribution in [0.3, 0.4) is 0 Å². The molecule has 0 aliphatic carbocycles. The van der Waals surface area contributed by atoms with Gasteiger partial charge in [-0.05, 0) is 40.5 Å². The van der Waals surface area contributed by atoms with Crippen LogP contribution in [0, 0.1) is 16.7 Å². The molecule has 17 heavy (non-hydrogen) atoms. The van der Waals surface area contributed by atoms with E-state index in [0.717, 1.165) is 12.8 Å². The van der Waals surface area contributed by atoms with Crippen LogP contribution in [0.2, 0.25) is 0 Å². The minimum Gasteiger partial charge on any atom is -0.299 e. The van der Waals surface area contributed by atoms with Crippen LogP contribution < -0.4 is 5.69 Å². The van der Waals surface area contributed by atoms with E-state index in [1.165, 1.54) is 0 Å². The van der Waals surface area contributed by atoms with E-state index in [4.69, 9.17) is 5.26 Å². The molecule has 1 rings (SSSR count). The molecule has 4 nitrogen and oxygen atoms in total. The number of aromatic nitrogens is 2. The quantitative estimate of drug-likeness (QED) is 0.787. The lowest BCUT2D eigenvalue weighted by molar-refractivity contribution is 0.411. The second-order valence-corrected chi connectivity index (χ2v) is 5.37. The standard InChI is InChI=1S/C13H21N3O/c1-11(2)16-9-8-15(12(16)17)7-5-6-13(3,4)10-14/h8-9,11H,5-7H2,1-4H3. The van der Waals surface area contributed by atoms with Crippen molar-refractivity contribution in [3.8, 4) is 6.07 Å². The molecule has 1 heterocycles. The number of aryl methyl sites for hydroxylation is 1. The molecular weight excluding hydrogens is 214 g/mol. The molecule has 0 unspecified atom stereocenters. The number of rotatable bonds is 5. The maximum atomic E-state index is 11.9. The highest BCUT2D eigenvalue weighted by Gasteiger charge is 2.16. The van der Waals surface area contributed by atoms with Crippen molar-refractivity contribution in [2.45, 2.75) is 53.1 Å². The largest absolute Gasteiger partial charge is 0.328 e. The Morgan fingerprint density at radius 3 is 2.53 bits per heavy atom. The first-order chi connectivity index (χ1) is 7.87. The third-order valence-electron chi connectivity index (χ3n) is 2.93. The lowest BCUT2D eigenvalue weighted by Gasteiger charge is -2.14. The van der Waals surface area contributed by atoms with Crippen molar-refractivity contribution < 1.29 is 0 Å². The molecule has 94 valence electrons. The van der Waals surface area contributed by atoms with E-state index in [1.54, 1.807) is 9.13 Å². The van der Waals surface area contributed by atoms with Crippen molar-refractivity contribution in [2.75, 3.05) is 0 Å². The summed E-state index contributed by atoms with van der Waals surface area (Å²) < 4.78 is 3.43. The summed E-state index contributed by atoms with van der Waals surface area (Å²) in [5.41, 5.74) is -0.265. The Bertz CT molecular complexity index is 460. The van der Waals surface area contributed by atoms with Crippen LogP contribution in [0.5, 0.6) is 0 Å². The fraction of sp³-hybridized carbons (Fsp3) is 0.692. The Hall–Kier alpha value is -1.50. The molecule has 1 aromatic heterocycles. The van der Waals surface area contributed by atoms with Gasteiger partial charge in [-0.15, -0.1) is 0 Å². The molecule has 0 N–H and O–H groups in total. The topological polar surface area (TPSA) is 50.7 Å². The number of imidazole rings is 1. The minimum atomic E-state index is -0.301. The lowest BCUT2D eigenvalue weighted by atomic mass is 9.90. The maximum absolute atomic E-state index is 11.9. The first-order valence-corrected chi connectivity index (χ1v) is 6.06. The van der Waals surface area contributed by atoms with Crippen molar-refractivity contribution in [2.24, 2.45) is 5.41 Å². The van der Waals surface area contributed by atoms with Gasteiger partial charge in [-0.25, -0.2) is 4.79 Å². The van der Waals surface area contributed by atoms with Gasteiger partial charge in [0.15, 0.2) is 0 Å². The summed E-state index contributed by atoms with van der Waals surface area (Å²) in [6, 6.07) is 2.47. The van der Waals surface area contributed by atoms with Gasteiger partial charge in [-0.2, -0.15) is 5.26 Å². The average molecular weight is 235 g/mol. The first kappa shape index (κ1) is 13.6. The van der Waals surface area contributed by atoms with Gasteiger partial charge in [0.05, 0.1) is 11.5 Å². The highest BCUT2D eigenvalue weighted by Crippen LogP contribution is 2.20. The molecule has 0 fully saturated rings. The van der Waals surface area contributed by atoms with Crippen LogP contribution in [-0.2, 0) is 6.54 Å². The molecule has 0 spiro atoms. The zero-order valence-electron chi connectivity index (χ0n) is 11.1. The fourth-order valence-corrected chi connectivity index (χ4v) is 1.74. The molecule has 0 atom stereocenters. The van der Waals surface area contributed by atoms with Gasteiger partial charge in [0, 0.05) is 25.0 Å². The first-order valence-electron chi connectivity index (χ1n) is 6.06. The predicted octanol–water partition coefficient (Wildman–Crippen LogP) is 2.56. The van der Waals surface area contributed by atoms with Gasteiger partial charge in [0.2, 0.25) is 0 Å². The lowest BCUT2D eigenvalue weighted by Crippen LogP contribution is -2.25. The molecule has 1 aromatic rings. The Morgan fingerprint density at radius 1 is 1.41 bits per heavy atom. The third kappa shape index (κ3) is 3.48. The van der Waals surface area contributed by atoms with Gasteiger partial charge in [0.1, 0.15) is 0 Å². The minimum absolute atomic E-state index is 0.0368. The van der Waals surface area contributed by atoms with Crippen LogP contribution in [0.25, 0.3) is 0 Å². The van der Waals surface area contributed by atoms with E-state index in [1.807, 2.05) is 40.1 Å². The van der Waals surface area contributed by atoms with Gasteiger partial charge in [-0.3, -0.25) is 9.13 Å². The van der Waals surface area contributed by atoms with Crippen molar-refractivity contribution >= 4 is 0 Å². The molecule has 0 bridgehead atoms. The molecule has 0 saturated carbocycles. The number of hydrogen-bond acceptors (Lipinski definition) is 2. The number of hydrogen-bond donors (Lipinski definition) is 0. The highest BCUT2D eigenvalue weighted by molar-refractivity contribution is 4.91. The molecule has 0 aromatic carbocycles. The van der Waals surface area contributed by atoms with E-state index < -0.39 is 0 Å². The molecule has 0 radical (unpaired) electrons. The summed E-state index contributed by atoms with van der Waals surface area (Å²) in [7, 11) is 0. The predicted molar refractivity (Wildman–Crippen MR) is 67.7 cm³/mol. The molecule has 0 aliphatic heterocycles. The van der Waals surface area contributed by atoms with Crippen LogP contribution in [0.4, 0.5) is 0 Å². The smallest absolute Gasteiger partial charge is 0.299 e. The molecule has 4 heteroatoms. The summed E-state index contributed by atoms with van der Waals surface area (Å²) in [5.74, 6) is 0. The van der Waals surface area contributed by atoms with Gasteiger partial charge in [0.25, 0.3) is 0 Å². The summed E-state index contributed by atoms with van der Waals surface area (Å²) in [6.45, 7) is 8.52. The Kier molecular flexibility index (Phi) is 4.17. The second-order valence-electron chi connectivity index (χ2n) is 5.37. The van der Waals surface area contributed by atoms with Crippen molar-refractivity contribution in [3.05, 3.63) is 22.9 Å². The summed E-state index contributed by atoms with van der Waals surface area (Å²) in [5, 5.41) is 8.90. The zero-order valence-corrected chi connectivity index (χ0v) is 11.1. The average Bonchev–Trinajstić information content (AvgIpc) is 2.60. The third-order valence-corrected chi connectivity index (χ3v) is 2.93. The second kappa shape index (κ2) is 5.22. The highest BCUT2D eigenvalue weighted by atomic mass is 16.1. The maximum Gasteiger partial charge on any atom is 0.328 e. The van der Waals surface area contributed by atoms with Crippen LogP contribution >= 0.6 is 0 Å². The van der Waals surface area contributed by atoms with E-state index in [-0.39, 0.29) is 17.1 Å². The molecular formula is C13H21N3O. The summed E-state index contributed by atoms with van der Waals surface area (Å²) in [6.07, 6.45) is 5.30. The van der Waals surface area contributed by atoms with Crippen molar-refractivity contribution in [3.63, 3.8) is 0 Å². The van der Waals surface area contributed by atoms with Crippen LogP contribution in [-0.4, -0.2) is 9.13 Å². The monoisotopic (exact) mass is 235 g/mol. The summed E-state index contributed by atoms with van der Waals surface area (Å²) in [4.78, 5) is 11.9.